The van der Waals surface area contributed by atoms with Crippen LogP contribution in [0, 0.1) is 0 Å². The van der Waals surface area contributed by atoms with Crippen molar-refractivity contribution >= 4 is 10.0 Å². The Morgan fingerprint density at radius 2 is 2.05 bits per heavy atom. The predicted octanol–water partition coefficient (Wildman–Crippen LogP) is 0.984. The lowest BCUT2D eigenvalue weighted by Gasteiger charge is -2.22. The van der Waals surface area contributed by atoms with Crippen molar-refractivity contribution in [3.8, 4) is 0 Å². The lowest BCUT2D eigenvalue weighted by Crippen LogP contribution is -2.39. The summed E-state index contributed by atoms with van der Waals surface area (Å²) in [7, 11) is -3.45. The second-order valence-corrected chi connectivity index (χ2v) is 7.16. The summed E-state index contributed by atoms with van der Waals surface area (Å²) in [5, 5.41) is 8.87. The second-order valence-electron chi connectivity index (χ2n) is 5.39. The van der Waals surface area contributed by atoms with E-state index in [0.717, 1.165) is 31.5 Å². The molecular weight excluding hydrogens is 288 g/mol. The average molecular weight is 312 g/mol. The number of likely N-dealkylation sites (tertiary alicyclic amines) is 1. The first-order valence-electron chi connectivity index (χ1n) is 7.50. The molecule has 0 aromatic heterocycles. The van der Waals surface area contributed by atoms with Crippen LogP contribution in [0.15, 0.2) is 29.2 Å². The molecule has 1 unspecified atom stereocenters. The molecule has 5 nitrogen and oxygen atoms in total. The first-order valence-corrected chi connectivity index (χ1v) is 8.98. The van der Waals surface area contributed by atoms with Gasteiger partial charge < -0.3 is 5.11 Å². The summed E-state index contributed by atoms with van der Waals surface area (Å²) in [5.41, 5.74) is 0.935. The second kappa shape index (κ2) is 7.35. The number of hydrogen-bond donors (Lipinski definition) is 2. The third-order valence-corrected chi connectivity index (χ3v) is 5.49. The molecule has 1 heterocycles. The van der Waals surface area contributed by atoms with Crippen molar-refractivity contribution in [3.63, 3.8) is 0 Å². The van der Waals surface area contributed by atoms with Gasteiger partial charge in [0.2, 0.25) is 10.0 Å². The molecule has 0 radical (unpaired) electrons. The molecular formula is C15H24N2O3S. The summed E-state index contributed by atoms with van der Waals surface area (Å²) in [6, 6.07) is 7.00. The van der Waals surface area contributed by atoms with Crippen LogP contribution < -0.4 is 4.72 Å². The minimum Gasteiger partial charge on any atom is -0.396 e. The molecule has 0 aliphatic carbocycles. The van der Waals surface area contributed by atoms with E-state index in [4.69, 9.17) is 5.11 Å². The van der Waals surface area contributed by atoms with E-state index < -0.39 is 10.0 Å². The van der Waals surface area contributed by atoms with Gasteiger partial charge in [0, 0.05) is 19.2 Å². The van der Waals surface area contributed by atoms with Crippen LogP contribution in [-0.4, -0.2) is 50.7 Å². The van der Waals surface area contributed by atoms with Gasteiger partial charge in [0.25, 0.3) is 0 Å². The smallest absolute Gasteiger partial charge is 0.240 e. The van der Waals surface area contributed by atoms with Crippen molar-refractivity contribution in [2.24, 2.45) is 0 Å². The summed E-state index contributed by atoms with van der Waals surface area (Å²) in [6.07, 6.45) is 2.73. The molecule has 0 spiro atoms. The van der Waals surface area contributed by atoms with Crippen molar-refractivity contribution in [1.82, 2.24) is 9.62 Å². The number of hydrogen-bond acceptors (Lipinski definition) is 4. The van der Waals surface area contributed by atoms with E-state index in [9.17, 15) is 8.42 Å². The lowest BCUT2D eigenvalue weighted by atomic mass is 10.2. The van der Waals surface area contributed by atoms with Crippen molar-refractivity contribution in [3.05, 3.63) is 29.8 Å². The fraction of sp³-hybridized carbons (Fsp3) is 0.600. The molecule has 1 aliphatic rings. The molecule has 2 rings (SSSR count). The molecule has 0 bridgehead atoms. The van der Waals surface area contributed by atoms with Gasteiger partial charge in [-0.3, -0.25) is 4.90 Å². The number of nitrogens with zero attached hydrogens (tertiary/aromatic N) is 1. The highest BCUT2D eigenvalue weighted by molar-refractivity contribution is 7.89. The van der Waals surface area contributed by atoms with Crippen LogP contribution in [0.25, 0.3) is 0 Å². The molecule has 1 aliphatic heterocycles. The maximum absolute atomic E-state index is 12.3. The van der Waals surface area contributed by atoms with E-state index in [1.54, 1.807) is 24.3 Å². The van der Waals surface area contributed by atoms with Gasteiger partial charge in [-0.2, -0.15) is 0 Å². The monoisotopic (exact) mass is 312 g/mol. The minimum atomic E-state index is -3.45. The molecule has 1 fully saturated rings. The molecule has 1 saturated heterocycles. The van der Waals surface area contributed by atoms with Gasteiger partial charge in [-0.25, -0.2) is 13.1 Å². The van der Waals surface area contributed by atoms with Crippen LogP contribution >= 0.6 is 0 Å². The van der Waals surface area contributed by atoms with Crippen molar-refractivity contribution in [2.75, 3.05) is 26.2 Å². The number of sulfonamides is 1. The Morgan fingerprint density at radius 3 is 2.67 bits per heavy atom. The topological polar surface area (TPSA) is 69.6 Å². The molecule has 1 aromatic carbocycles. The van der Waals surface area contributed by atoms with E-state index in [1.165, 1.54) is 0 Å². The van der Waals surface area contributed by atoms with E-state index >= 15 is 0 Å². The van der Waals surface area contributed by atoms with Crippen LogP contribution in [0.5, 0.6) is 0 Å². The summed E-state index contributed by atoms with van der Waals surface area (Å²) >= 11 is 0. The predicted molar refractivity (Wildman–Crippen MR) is 82.7 cm³/mol. The van der Waals surface area contributed by atoms with Crippen LogP contribution in [0.4, 0.5) is 0 Å². The minimum absolute atomic E-state index is 0.0683. The Morgan fingerprint density at radius 1 is 1.33 bits per heavy atom. The fourth-order valence-corrected chi connectivity index (χ4v) is 3.87. The Hall–Kier alpha value is -0.950. The Labute approximate surface area is 127 Å². The van der Waals surface area contributed by atoms with E-state index in [1.807, 2.05) is 0 Å². The zero-order valence-electron chi connectivity index (χ0n) is 12.5. The van der Waals surface area contributed by atoms with Gasteiger partial charge in [0.1, 0.15) is 0 Å². The average Bonchev–Trinajstić information content (AvgIpc) is 2.94. The zero-order valence-corrected chi connectivity index (χ0v) is 13.3. The quantitative estimate of drug-likeness (QED) is 0.787. The van der Waals surface area contributed by atoms with Crippen LogP contribution in [-0.2, 0) is 16.4 Å². The lowest BCUT2D eigenvalue weighted by molar-refractivity contribution is 0.268. The first kappa shape index (κ1) is 16.4. The van der Waals surface area contributed by atoms with Crippen molar-refractivity contribution < 1.29 is 13.5 Å². The maximum Gasteiger partial charge on any atom is 0.240 e. The summed E-state index contributed by atoms with van der Waals surface area (Å²) in [5.74, 6) is 0. The van der Waals surface area contributed by atoms with Gasteiger partial charge in [0.05, 0.1) is 4.90 Å². The Kier molecular flexibility index (Phi) is 5.75. The number of aliphatic hydroxyl groups is 1. The zero-order chi connectivity index (χ0) is 15.3. The highest BCUT2D eigenvalue weighted by atomic mass is 32.2. The van der Waals surface area contributed by atoms with E-state index in [-0.39, 0.29) is 11.5 Å². The SMILES string of the molecule is CCN1CCCC1CNS(=O)(=O)c1ccc(CCO)cc1. The molecule has 2 N–H and O–H groups in total. The largest absolute Gasteiger partial charge is 0.396 e. The van der Waals surface area contributed by atoms with Gasteiger partial charge in [-0.05, 0) is 50.0 Å². The Balaban J connectivity index is 1.97. The molecule has 1 aromatic rings. The summed E-state index contributed by atoms with van der Waals surface area (Å²) in [4.78, 5) is 2.59. The van der Waals surface area contributed by atoms with Crippen molar-refractivity contribution in [1.29, 1.82) is 0 Å². The molecule has 118 valence electrons. The number of likely N-dealkylation sites (N-methyl/N-ethyl adjacent to an activating group) is 1. The fourth-order valence-electron chi connectivity index (χ4n) is 2.80. The van der Waals surface area contributed by atoms with Crippen LogP contribution in [0.3, 0.4) is 0 Å². The van der Waals surface area contributed by atoms with E-state index in [2.05, 4.69) is 16.5 Å². The highest BCUT2D eigenvalue weighted by Crippen LogP contribution is 2.17. The summed E-state index contributed by atoms with van der Waals surface area (Å²) in [6.45, 7) is 4.65. The van der Waals surface area contributed by atoms with Gasteiger partial charge in [-0.15, -0.1) is 0 Å². The third-order valence-electron chi connectivity index (χ3n) is 4.05. The van der Waals surface area contributed by atoms with Gasteiger partial charge >= 0.3 is 0 Å². The summed E-state index contributed by atoms with van der Waals surface area (Å²) < 4.78 is 27.3. The van der Waals surface area contributed by atoms with E-state index in [0.29, 0.717) is 19.0 Å². The number of benzene rings is 1. The van der Waals surface area contributed by atoms with Crippen LogP contribution in [0.1, 0.15) is 25.3 Å². The molecule has 1 atom stereocenters. The first-order chi connectivity index (χ1) is 10.1. The van der Waals surface area contributed by atoms with Gasteiger partial charge in [-0.1, -0.05) is 19.1 Å². The van der Waals surface area contributed by atoms with Crippen molar-refractivity contribution in [2.45, 2.75) is 37.1 Å². The van der Waals surface area contributed by atoms with Crippen LogP contribution in [0.2, 0.25) is 0 Å². The number of aliphatic hydroxyl groups excluding tert-OH is 1. The number of nitrogens with one attached hydrogen (secondary N) is 1. The van der Waals surface area contributed by atoms with Gasteiger partial charge in [0.15, 0.2) is 0 Å². The number of rotatable bonds is 7. The normalized spacial score (nSPS) is 20.0. The molecule has 6 heteroatoms. The standard InChI is InChI=1S/C15H24N2O3S/c1-2-17-10-3-4-14(17)12-16-21(19,20)15-7-5-13(6-8-15)9-11-18/h5-8,14,16,18H,2-4,9-12H2,1H3. The third kappa shape index (κ3) is 4.26. The Bertz CT molecular complexity index is 543. The maximum atomic E-state index is 12.3. The highest BCUT2D eigenvalue weighted by Gasteiger charge is 2.24. The molecule has 21 heavy (non-hydrogen) atoms. The molecule has 0 saturated carbocycles. The molecule has 0 amide bonds.